The van der Waals surface area contributed by atoms with E-state index in [-0.39, 0.29) is 12.4 Å². The van der Waals surface area contributed by atoms with Crippen LogP contribution in [0.3, 0.4) is 0 Å². The molecule has 1 amide bonds. The predicted octanol–water partition coefficient (Wildman–Crippen LogP) is 3.63. The Kier molecular flexibility index (Phi) is 4.65. The van der Waals surface area contributed by atoms with Gasteiger partial charge < -0.3 is 10.5 Å². The number of fused-ring (bicyclic) bond motifs is 1. The number of amides is 1. The van der Waals surface area contributed by atoms with Gasteiger partial charge in [0.05, 0.1) is 10.2 Å². The zero-order valence-corrected chi connectivity index (χ0v) is 14.0. The van der Waals surface area contributed by atoms with E-state index in [1.54, 1.807) is 12.1 Å². The number of halogens is 3. The lowest BCUT2D eigenvalue weighted by Gasteiger charge is -2.08. The summed E-state index contributed by atoms with van der Waals surface area (Å²) in [6.07, 6.45) is 0. The Morgan fingerprint density at radius 1 is 1.24 bits per heavy atom. The number of hydrogen-bond acceptors (Lipinski definition) is 5. The van der Waals surface area contributed by atoms with Crippen LogP contribution in [0.1, 0.15) is 25.7 Å². The van der Waals surface area contributed by atoms with Gasteiger partial charge in [-0.15, -0.1) is 11.3 Å². The average molecular weight is 383 g/mol. The Labute approximate surface area is 149 Å². The molecule has 0 saturated carbocycles. The van der Waals surface area contributed by atoms with Crippen molar-refractivity contribution in [2.24, 2.45) is 5.73 Å². The predicted molar refractivity (Wildman–Crippen MR) is 89.0 cm³/mol. The summed E-state index contributed by atoms with van der Waals surface area (Å²) < 4.78 is 33.6. The van der Waals surface area contributed by atoms with Crippen molar-refractivity contribution in [3.05, 3.63) is 58.1 Å². The summed E-state index contributed by atoms with van der Waals surface area (Å²) >= 11 is 6.70. The number of rotatable bonds is 5. The number of hydrogen-bond donors (Lipinski definition) is 1. The summed E-state index contributed by atoms with van der Waals surface area (Å²) in [6.45, 7) is -0.107. The zero-order chi connectivity index (χ0) is 18.1. The molecule has 1 aromatic heterocycles. The minimum absolute atomic E-state index is 0.107. The van der Waals surface area contributed by atoms with Crippen LogP contribution in [0.5, 0.6) is 5.75 Å². The van der Waals surface area contributed by atoms with E-state index in [0.29, 0.717) is 16.1 Å². The van der Waals surface area contributed by atoms with Crippen LogP contribution < -0.4 is 10.5 Å². The van der Waals surface area contributed by atoms with E-state index in [9.17, 15) is 18.4 Å². The van der Waals surface area contributed by atoms with Gasteiger partial charge in [0.1, 0.15) is 23.0 Å². The van der Waals surface area contributed by atoms with Crippen molar-refractivity contribution < 1.29 is 23.1 Å². The van der Waals surface area contributed by atoms with E-state index in [1.807, 2.05) is 0 Å². The molecule has 2 N–H and O–H groups in total. The fourth-order valence-corrected chi connectivity index (χ4v) is 3.15. The van der Waals surface area contributed by atoms with Crippen LogP contribution in [0.2, 0.25) is 0 Å². The minimum atomic E-state index is -1.22. The lowest BCUT2D eigenvalue weighted by Crippen LogP contribution is -2.16. The first-order valence-corrected chi connectivity index (χ1v) is 8.06. The number of primary amides is 1. The maximum atomic E-state index is 14.1. The highest BCUT2D eigenvalue weighted by molar-refractivity contribution is 7.18. The minimum Gasteiger partial charge on any atom is -0.483 e. The van der Waals surface area contributed by atoms with Gasteiger partial charge in [0.2, 0.25) is 0 Å². The summed E-state index contributed by atoms with van der Waals surface area (Å²) in [5.41, 5.74) is 4.96. The first-order valence-electron chi connectivity index (χ1n) is 6.86. The monoisotopic (exact) mass is 382 g/mol. The summed E-state index contributed by atoms with van der Waals surface area (Å²) in [6, 6.07) is 6.76. The second-order valence-corrected chi connectivity index (χ2v) is 6.41. The molecule has 5 nitrogen and oxygen atoms in total. The molecule has 3 rings (SSSR count). The van der Waals surface area contributed by atoms with Crippen LogP contribution >= 0.6 is 22.9 Å². The summed E-state index contributed by atoms with van der Waals surface area (Å²) in [5.74, 6) is -3.76. The Bertz CT molecular complexity index is 1010. The fraction of sp³-hybridized carbons (Fsp3) is 0.0625. The Morgan fingerprint density at radius 3 is 2.68 bits per heavy atom. The van der Waals surface area contributed by atoms with E-state index < -0.39 is 28.3 Å². The largest absolute Gasteiger partial charge is 0.483 e. The van der Waals surface area contributed by atoms with Crippen molar-refractivity contribution in [3.8, 4) is 5.75 Å². The third kappa shape index (κ3) is 3.45. The highest BCUT2D eigenvalue weighted by Crippen LogP contribution is 2.27. The summed E-state index contributed by atoms with van der Waals surface area (Å²) in [5, 5.41) is -0.0985. The second kappa shape index (κ2) is 6.73. The molecule has 0 saturated heterocycles. The van der Waals surface area contributed by atoms with Crippen molar-refractivity contribution >= 4 is 44.3 Å². The molecule has 0 radical (unpaired) electrons. The molecule has 0 bridgehead atoms. The van der Waals surface area contributed by atoms with Crippen molar-refractivity contribution in [1.29, 1.82) is 0 Å². The number of nitrogens with zero attached hydrogens (tertiary/aromatic N) is 1. The van der Waals surface area contributed by atoms with Crippen LogP contribution in [0.4, 0.5) is 8.78 Å². The SMILES string of the molecule is NC(=O)c1c(F)ccc(OCc2nc3cc(C(=O)Cl)ccc3s2)c1F. The fourth-order valence-electron chi connectivity index (χ4n) is 2.17. The van der Waals surface area contributed by atoms with Crippen molar-refractivity contribution in [2.45, 2.75) is 6.61 Å². The molecule has 0 aliphatic heterocycles. The van der Waals surface area contributed by atoms with Gasteiger partial charge in [-0.2, -0.15) is 0 Å². The molecule has 0 aliphatic rings. The van der Waals surface area contributed by atoms with E-state index in [0.717, 1.165) is 16.8 Å². The van der Waals surface area contributed by atoms with Crippen LogP contribution in [-0.4, -0.2) is 16.1 Å². The van der Waals surface area contributed by atoms with E-state index >= 15 is 0 Å². The highest BCUT2D eigenvalue weighted by atomic mass is 35.5. The Morgan fingerprint density at radius 2 is 2.00 bits per heavy atom. The van der Waals surface area contributed by atoms with E-state index in [4.69, 9.17) is 22.1 Å². The van der Waals surface area contributed by atoms with Gasteiger partial charge in [-0.25, -0.2) is 13.8 Å². The first-order chi connectivity index (χ1) is 11.9. The maximum absolute atomic E-state index is 14.1. The third-order valence-corrected chi connectivity index (χ3v) is 4.54. The molecule has 1 heterocycles. The normalized spacial score (nSPS) is 10.8. The standard InChI is InChI=1S/C16H9ClF2N2O3S/c17-15(22)7-1-4-11-9(5-7)21-12(25-11)6-24-10-3-2-8(18)13(14(10)19)16(20)23/h1-5H,6H2,(H2,20,23). The lowest BCUT2D eigenvalue weighted by atomic mass is 10.2. The molecule has 9 heteroatoms. The molecule has 0 unspecified atom stereocenters. The maximum Gasteiger partial charge on any atom is 0.254 e. The van der Waals surface area contributed by atoms with Crippen LogP contribution in [0, 0.1) is 11.6 Å². The van der Waals surface area contributed by atoms with E-state index in [1.165, 1.54) is 17.4 Å². The second-order valence-electron chi connectivity index (χ2n) is 4.95. The number of benzene rings is 2. The van der Waals surface area contributed by atoms with Crippen molar-refractivity contribution in [2.75, 3.05) is 0 Å². The van der Waals surface area contributed by atoms with Gasteiger partial charge in [0.25, 0.3) is 11.1 Å². The number of nitrogens with two attached hydrogens (primary N) is 1. The highest BCUT2D eigenvalue weighted by Gasteiger charge is 2.19. The first kappa shape index (κ1) is 17.2. The average Bonchev–Trinajstić information content (AvgIpc) is 2.95. The topological polar surface area (TPSA) is 82.3 Å². The number of carbonyl (C=O) groups is 2. The molecular formula is C16H9ClF2N2O3S. The van der Waals surface area contributed by atoms with Gasteiger partial charge >= 0.3 is 0 Å². The molecule has 2 aromatic carbocycles. The molecule has 3 aromatic rings. The smallest absolute Gasteiger partial charge is 0.254 e. The molecular weight excluding hydrogens is 374 g/mol. The van der Waals surface area contributed by atoms with Gasteiger partial charge in [-0.1, -0.05) is 0 Å². The molecule has 0 atom stereocenters. The van der Waals surface area contributed by atoms with Crippen molar-refractivity contribution in [3.63, 3.8) is 0 Å². The molecule has 0 spiro atoms. The molecule has 25 heavy (non-hydrogen) atoms. The third-order valence-electron chi connectivity index (χ3n) is 3.31. The van der Waals surface area contributed by atoms with Crippen LogP contribution in [-0.2, 0) is 6.61 Å². The van der Waals surface area contributed by atoms with Gasteiger partial charge in [0, 0.05) is 5.56 Å². The summed E-state index contributed by atoms with van der Waals surface area (Å²) in [7, 11) is 0. The van der Waals surface area contributed by atoms with Crippen LogP contribution in [0.25, 0.3) is 10.2 Å². The van der Waals surface area contributed by atoms with Gasteiger partial charge in [-0.05, 0) is 41.9 Å². The lowest BCUT2D eigenvalue weighted by molar-refractivity contribution is 0.0990. The molecule has 128 valence electrons. The Balaban J connectivity index is 1.84. The van der Waals surface area contributed by atoms with E-state index in [2.05, 4.69) is 4.98 Å². The number of aromatic nitrogens is 1. The zero-order valence-electron chi connectivity index (χ0n) is 12.4. The number of thiazole rings is 1. The van der Waals surface area contributed by atoms with Gasteiger partial charge in [-0.3, -0.25) is 9.59 Å². The van der Waals surface area contributed by atoms with Crippen LogP contribution in [0.15, 0.2) is 30.3 Å². The molecule has 0 fully saturated rings. The van der Waals surface area contributed by atoms with Crippen molar-refractivity contribution in [1.82, 2.24) is 4.98 Å². The number of ether oxygens (including phenoxy) is 1. The quantitative estimate of drug-likeness (QED) is 0.683. The van der Waals surface area contributed by atoms with Gasteiger partial charge in [0.15, 0.2) is 11.6 Å². The summed E-state index contributed by atoms with van der Waals surface area (Å²) in [4.78, 5) is 26.5. The Hall–Kier alpha value is -2.58. The number of carbonyl (C=O) groups excluding carboxylic acids is 2. The molecule has 0 aliphatic carbocycles.